The number of benzene rings is 1. The Labute approximate surface area is 133 Å². The Kier molecular flexibility index (Phi) is 8.22. The number of nitrogens with one attached hydrogen (secondary N) is 2. The molecule has 0 atom stereocenters. The highest BCUT2D eigenvalue weighted by molar-refractivity contribution is 5.96. The molecule has 22 heavy (non-hydrogen) atoms. The van der Waals surface area contributed by atoms with Gasteiger partial charge < -0.3 is 15.5 Å². The van der Waals surface area contributed by atoms with Crippen molar-refractivity contribution < 1.29 is 9.59 Å². The van der Waals surface area contributed by atoms with E-state index in [1.165, 1.54) is 0 Å². The largest absolute Gasteiger partial charge is 0.339 e. The summed E-state index contributed by atoms with van der Waals surface area (Å²) < 4.78 is 0. The second kappa shape index (κ2) is 9.95. The quantitative estimate of drug-likeness (QED) is 0.689. The Hall–Kier alpha value is -1.88. The third-order valence-electron chi connectivity index (χ3n) is 3.46. The molecule has 0 aliphatic rings. The van der Waals surface area contributed by atoms with Crippen molar-refractivity contribution in [3.63, 3.8) is 0 Å². The number of carbonyl (C=O) groups excluding carboxylic acids is 2. The first-order valence-corrected chi connectivity index (χ1v) is 8.02. The van der Waals surface area contributed by atoms with Crippen LogP contribution in [-0.2, 0) is 4.79 Å². The van der Waals surface area contributed by atoms with E-state index < -0.39 is 0 Å². The van der Waals surface area contributed by atoms with Crippen LogP contribution in [0.25, 0.3) is 0 Å². The fourth-order valence-corrected chi connectivity index (χ4v) is 2.10. The van der Waals surface area contributed by atoms with Gasteiger partial charge in [0.15, 0.2) is 0 Å². The zero-order chi connectivity index (χ0) is 16.4. The van der Waals surface area contributed by atoms with Crippen LogP contribution in [0.4, 0.5) is 5.69 Å². The van der Waals surface area contributed by atoms with Crippen LogP contribution in [-0.4, -0.2) is 42.9 Å². The molecule has 5 nitrogen and oxygen atoms in total. The van der Waals surface area contributed by atoms with Crippen LogP contribution in [0.3, 0.4) is 0 Å². The van der Waals surface area contributed by atoms with Crippen LogP contribution in [0.15, 0.2) is 24.3 Å². The van der Waals surface area contributed by atoms with Gasteiger partial charge in [-0.2, -0.15) is 0 Å². The lowest BCUT2D eigenvalue weighted by Gasteiger charge is -2.18. The van der Waals surface area contributed by atoms with Crippen molar-refractivity contribution in [3.8, 4) is 0 Å². The molecule has 0 fully saturated rings. The first-order valence-electron chi connectivity index (χ1n) is 8.02. The molecular weight excluding hydrogens is 278 g/mol. The summed E-state index contributed by atoms with van der Waals surface area (Å²) in [5.74, 6) is -0.0527. The molecule has 0 saturated carbocycles. The second-order valence-corrected chi connectivity index (χ2v) is 5.13. The van der Waals surface area contributed by atoms with Crippen LogP contribution >= 0.6 is 0 Å². The minimum Gasteiger partial charge on any atom is -0.339 e. The lowest BCUT2D eigenvalue weighted by atomic mass is 10.1. The molecule has 1 aromatic rings. The van der Waals surface area contributed by atoms with E-state index in [0.29, 0.717) is 30.9 Å². The number of rotatable bonds is 9. The molecule has 0 radical (unpaired) electrons. The predicted octanol–water partition coefficient (Wildman–Crippen LogP) is 2.50. The molecule has 0 bridgehead atoms. The first kappa shape index (κ1) is 18.2. The normalized spacial score (nSPS) is 10.3. The summed E-state index contributed by atoms with van der Waals surface area (Å²) in [5.41, 5.74) is 1.35. The molecule has 1 aromatic carbocycles. The fraction of sp³-hybridized carbons (Fsp3) is 0.529. The van der Waals surface area contributed by atoms with Gasteiger partial charge >= 0.3 is 0 Å². The second-order valence-electron chi connectivity index (χ2n) is 5.13. The van der Waals surface area contributed by atoms with Crippen molar-refractivity contribution in [2.75, 3.05) is 31.5 Å². The lowest BCUT2D eigenvalue weighted by Crippen LogP contribution is -2.30. The first-order chi connectivity index (χ1) is 10.6. The van der Waals surface area contributed by atoms with E-state index in [4.69, 9.17) is 0 Å². The average Bonchev–Trinajstić information content (AvgIpc) is 2.53. The predicted molar refractivity (Wildman–Crippen MR) is 90.1 cm³/mol. The molecular formula is C17H27N3O2. The SMILES string of the molecule is CCCCNCC(=O)Nc1ccc(C(=O)N(CC)CC)cc1. The van der Waals surface area contributed by atoms with Crippen LogP contribution in [0.2, 0.25) is 0 Å². The molecule has 0 aliphatic heterocycles. The highest BCUT2D eigenvalue weighted by Crippen LogP contribution is 2.11. The zero-order valence-electron chi connectivity index (χ0n) is 13.8. The van der Waals surface area contributed by atoms with Crippen LogP contribution in [0.1, 0.15) is 44.0 Å². The summed E-state index contributed by atoms with van der Waals surface area (Å²) in [6.45, 7) is 8.57. The topological polar surface area (TPSA) is 61.4 Å². The van der Waals surface area contributed by atoms with Gasteiger partial charge in [-0.05, 0) is 51.1 Å². The van der Waals surface area contributed by atoms with Gasteiger partial charge in [0.25, 0.3) is 5.91 Å². The molecule has 1 rings (SSSR count). The fourth-order valence-electron chi connectivity index (χ4n) is 2.10. The summed E-state index contributed by atoms with van der Waals surface area (Å²) in [4.78, 5) is 25.7. The van der Waals surface area contributed by atoms with Crippen LogP contribution in [0, 0.1) is 0 Å². The monoisotopic (exact) mass is 305 g/mol. The molecule has 2 N–H and O–H groups in total. The van der Waals surface area contributed by atoms with Crippen molar-refractivity contribution in [1.29, 1.82) is 0 Å². The van der Waals surface area contributed by atoms with E-state index >= 15 is 0 Å². The molecule has 122 valence electrons. The van der Waals surface area contributed by atoms with Crippen molar-refractivity contribution in [1.82, 2.24) is 10.2 Å². The third kappa shape index (κ3) is 5.85. The van der Waals surface area contributed by atoms with Crippen molar-refractivity contribution in [3.05, 3.63) is 29.8 Å². The van der Waals surface area contributed by atoms with Gasteiger partial charge in [0, 0.05) is 24.3 Å². The smallest absolute Gasteiger partial charge is 0.253 e. The number of unbranched alkanes of at least 4 members (excludes halogenated alkanes) is 1. The Morgan fingerprint density at radius 3 is 2.23 bits per heavy atom. The van der Waals surface area contributed by atoms with Gasteiger partial charge in [-0.25, -0.2) is 0 Å². The number of amides is 2. The van der Waals surface area contributed by atoms with E-state index in [1.807, 2.05) is 13.8 Å². The third-order valence-corrected chi connectivity index (χ3v) is 3.46. The standard InChI is InChI=1S/C17H27N3O2/c1-4-7-12-18-13-16(21)19-15-10-8-14(9-11-15)17(22)20(5-2)6-3/h8-11,18H,4-7,12-13H2,1-3H3,(H,19,21). The molecule has 0 unspecified atom stereocenters. The van der Waals surface area contributed by atoms with Gasteiger partial charge in [0.05, 0.1) is 6.54 Å². The molecule has 0 aliphatic carbocycles. The van der Waals surface area contributed by atoms with E-state index in [2.05, 4.69) is 17.6 Å². The Morgan fingerprint density at radius 2 is 1.68 bits per heavy atom. The average molecular weight is 305 g/mol. The maximum absolute atomic E-state index is 12.2. The summed E-state index contributed by atoms with van der Waals surface area (Å²) in [6, 6.07) is 7.03. The number of hydrogen-bond donors (Lipinski definition) is 2. The Balaban J connectivity index is 2.51. The van der Waals surface area contributed by atoms with E-state index in [0.717, 1.165) is 19.4 Å². The molecule has 0 saturated heterocycles. The zero-order valence-corrected chi connectivity index (χ0v) is 13.8. The van der Waals surface area contributed by atoms with Crippen molar-refractivity contribution in [2.24, 2.45) is 0 Å². The minimum atomic E-state index is -0.0704. The molecule has 0 heterocycles. The van der Waals surface area contributed by atoms with Gasteiger partial charge in [0.1, 0.15) is 0 Å². The lowest BCUT2D eigenvalue weighted by molar-refractivity contribution is -0.115. The van der Waals surface area contributed by atoms with Crippen molar-refractivity contribution >= 4 is 17.5 Å². The summed E-state index contributed by atoms with van der Waals surface area (Å²) in [7, 11) is 0. The van der Waals surface area contributed by atoms with E-state index in [9.17, 15) is 9.59 Å². The minimum absolute atomic E-state index is 0.0177. The van der Waals surface area contributed by atoms with Gasteiger partial charge in [0.2, 0.25) is 5.91 Å². The maximum Gasteiger partial charge on any atom is 0.253 e. The summed E-state index contributed by atoms with van der Waals surface area (Å²) >= 11 is 0. The van der Waals surface area contributed by atoms with E-state index in [1.54, 1.807) is 29.2 Å². The molecule has 0 spiro atoms. The highest BCUT2D eigenvalue weighted by Gasteiger charge is 2.12. The van der Waals surface area contributed by atoms with E-state index in [-0.39, 0.29) is 11.8 Å². The molecule has 5 heteroatoms. The summed E-state index contributed by atoms with van der Waals surface area (Å²) in [6.07, 6.45) is 2.17. The van der Waals surface area contributed by atoms with Gasteiger partial charge in [-0.3, -0.25) is 9.59 Å². The number of anilines is 1. The number of nitrogens with zero attached hydrogens (tertiary/aromatic N) is 1. The maximum atomic E-state index is 12.2. The van der Waals surface area contributed by atoms with Crippen LogP contribution < -0.4 is 10.6 Å². The summed E-state index contributed by atoms with van der Waals surface area (Å²) in [5, 5.41) is 5.91. The molecule has 0 aromatic heterocycles. The Morgan fingerprint density at radius 1 is 1.05 bits per heavy atom. The molecule has 2 amide bonds. The van der Waals surface area contributed by atoms with Crippen molar-refractivity contribution in [2.45, 2.75) is 33.6 Å². The number of hydrogen-bond acceptors (Lipinski definition) is 3. The van der Waals surface area contributed by atoms with Gasteiger partial charge in [-0.1, -0.05) is 13.3 Å². The highest BCUT2D eigenvalue weighted by atomic mass is 16.2. The Bertz CT molecular complexity index is 467. The number of carbonyl (C=O) groups is 2. The van der Waals surface area contributed by atoms with Crippen LogP contribution in [0.5, 0.6) is 0 Å². The van der Waals surface area contributed by atoms with Gasteiger partial charge in [-0.15, -0.1) is 0 Å².